The lowest BCUT2D eigenvalue weighted by Gasteiger charge is -2.18. The number of ether oxygens (including phenoxy) is 3. The average molecular weight is 849 g/mol. The van der Waals surface area contributed by atoms with E-state index >= 15 is 0 Å². The first-order chi connectivity index (χ1) is 29.4. The quantitative estimate of drug-likeness (QED) is 0.0345. The van der Waals surface area contributed by atoms with Crippen molar-refractivity contribution < 1.29 is 28.6 Å². The van der Waals surface area contributed by atoms with Gasteiger partial charge in [0.25, 0.3) is 0 Å². The summed E-state index contributed by atoms with van der Waals surface area (Å²) in [5, 5.41) is 0. The Morgan fingerprint density at radius 2 is 0.550 bits per heavy atom. The third-order valence-electron chi connectivity index (χ3n) is 12.3. The molecular formula is C54H104O6. The van der Waals surface area contributed by atoms with E-state index in [4.69, 9.17) is 14.2 Å². The van der Waals surface area contributed by atoms with Gasteiger partial charge in [0.05, 0.1) is 0 Å². The molecule has 356 valence electrons. The van der Waals surface area contributed by atoms with Gasteiger partial charge in [0.2, 0.25) is 0 Å². The second-order valence-electron chi connectivity index (χ2n) is 19.0. The van der Waals surface area contributed by atoms with E-state index in [0.717, 1.165) is 63.7 Å². The van der Waals surface area contributed by atoms with Crippen molar-refractivity contribution in [2.45, 2.75) is 310 Å². The zero-order valence-corrected chi connectivity index (χ0v) is 40.9. The maximum Gasteiger partial charge on any atom is 0.306 e. The van der Waals surface area contributed by atoms with Crippen LogP contribution in [0.25, 0.3) is 0 Å². The molecular weight excluding hydrogens is 745 g/mol. The third-order valence-corrected chi connectivity index (χ3v) is 12.3. The predicted octanol–water partition coefficient (Wildman–Crippen LogP) is 17.5. The molecule has 0 amide bonds. The number of hydrogen-bond donors (Lipinski definition) is 0. The van der Waals surface area contributed by atoms with Gasteiger partial charge in [0.1, 0.15) is 13.2 Å². The maximum atomic E-state index is 12.8. The van der Waals surface area contributed by atoms with Gasteiger partial charge in [-0.3, -0.25) is 14.4 Å². The van der Waals surface area contributed by atoms with Crippen molar-refractivity contribution in [3.05, 3.63) is 0 Å². The summed E-state index contributed by atoms with van der Waals surface area (Å²) < 4.78 is 16.8. The van der Waals surface area contributed by atoms with E-state index in [1.165, 1.54) is 199 Å². The molecule has 0 aromatic rings. The topological polar surface area (TPSA) is 78.9 Å². The monoisotopic (exact) mass is 849 g/mol. The Morgan fingerprint density at radius 1 is 0.317 bits per heavy atom. The molecule has 0 aromatic heterocycles. The van der Waals surface area contributed by atoms with Crippen LogP contribution in [0.1, 0.15) is 304 Å². The predicted molar refractivity (Wildman–Crippen MR) is 257 cm³/mol. The van der Waals surface area contributed by atoms with E-state index in [0.29, 0.717) is 19.3 Å². The summed E-state index contributed by atoms with van der Waals surface area (Å²) in [5.41, 5.74) is 0. The molecule has 0 aliphatic carbocycles. The third kappa shape index (κ3) is 47.5. The average Bonchev–Trinajstić information content (AvgIpc) is 3.23. The fourth-order valence-electron chi connectivity index (χ4n) is 8.22. The molecule has 6 nitrogen and oxygen atoms in total. The lowest BCUT2D eigenvalue weighted by atomic mass is 10.0. The molecule has 0 aromatic carbocycles. The van der Waals surface area contributed by atoms with Gasteiger partial charge in [-0.1, -0.05) is 265 Å². The van der Waals surface area contributed by atoms with Gasteiger partial charge in [0, 0.05) is 19.3 Å². The highest BCUT2D eigenvalue weighted by Crippen LogP contribution is 2.17. The number of hydrogen-bond acceptors (Lipinski definition) is 6. The van der Waals surface area contributed by atoms with Crippen LogP contribution in [0.4, 0.5) is 0 Å². The highest BCUT2D eigenvalue weighted by molar-refractivity contribution is 5.71. The van der Waals surface area contributed by atoms with Crippen molar-refractivity contribution in [3.8, 4) is 0 Å². The highest BCUT2D eigenvalue weighted by Gasteiger charge is 2.19. The maximum absolute atomic E-state index is 12.8. The molecule has 0 aliphatic heterocycles. The Hall–Kier alpha value is -1.59. The lowest BCUT2D eigenvalue weighted by Crippen LogP contribution is -2.30. The number of unbranched alkanes of at least 4 members (excludes halogenated alkanes) is 36. The first-order valence-corrected chi connectivity index (χ1v) is 26.9. The van der Waals surface area contributed by atoms with Crippen LogP contribution < -0.4 is 0 Å². The van der Waals surface area contributed by atoms with Gasteiger partial charge >= 0.3 is 17.9 Å². The Balaban J connectivity index is 4.26. The molecule has 0 aliphatic rings. The molecule has 60 heavy (non-hydrogen) atoms. The standard InChI is InChI=1S/C54H104O6/c1-5-7-9-11-13-15-17-19-20-21-22-23-24-25-27-29-35-39-43-47-54(57)60-51(49-59-53(56)46-42-38-34-31-30-32-36-40-44-50(3)4)48-58-52(55)45-41-37-33-28-26-18-16-14-12-10-8-6-2/h50-51H,5-49H2,1-4H3/t51-/m1/s1. The van der Waals surface area contributed by atoms with Crippen LogP contribution in [0.15, 0.2) is 0 Å². The molecule has 0 bridgehead atoms. The molecule has 0 radical (unpaired) electrons. The van der Waals surface area contributed by atoms with Crippen LogP contribution in [-0.4, -0.2) is 37.2 Å². The van der Waals surface area contributed by atoms with Crippen molar-refractivity contribution in [1.82, 2.24) is 0 Å². The van der Waals surface area contributed by atoms with E-state index < -0.39 is 6.10 Å². The number of carbonyl (C=O) groups excluding carboxylic acids is 3. The fourth-order valence-corrected chi connectivity index (χ4v) is 8.22. The molecule has 1 atom stereocenters. The van der Waals surface area contributed by atoms with Crippen molar-refractivity contribution in [1.29, 1.82) is 0 Å². The largest absolute Gasteiger partial charge is 0.462 e. The first kappa shape index (κ1) is 58.4. The van der Waals surface area contributed by atoms with Crippen molar-refractivity contribution in [3.63, 3.8) is 0 Å². The fraction of sp³-hybridized carbons (Fsp3) is 0.944. The minimum Gasteiger partial charge on any atom is -0.462 e. The van der Waals surface area contributed by atoms with E-state index in [1.807, 2.05) is 0 Å². The zero-order chi connectivity index (χ0) is 43.8. The molecule has 0 saturated carbocycles. The smallest absolute Gasteiger partial charge is 0.306 e. The summed E-state index contributed by atoms with van der Waals surface area (Å²) in [6, 6.07) is 0. The van der Waals surface area contributed by atoms with Gasteiger partial charge in [-0.05, 0) is 25.2 Å². The van der Waals surface area contributed by atoms with Crippen LogP contribution in [-0.2, 0) is 28.6 Å². The van der Waals surface area contributed by atoms with Crippen molar-refractivity contribution in [2.75, 3.05) is 13.2 Å². The van der Waals surface area contributed by atoms with Gasteiger partial charge in [-0.2, -0.15) is 0 Å². The van der Waals surface area contributed by atoms with Gasteiger partial charge in [-0.25, -0.2) is 0 Å². The zero-order valence-electron chi connectivity index (χ0n) is 40.9. The van der Waals surface area contributed by atoms with E-state index in [-0.39, 0.29) is 31.1 Å². The normalized spacial score (nSPS) is 11.9. The second kappa shape index (κ2) is 48.4. The summed E-state index contributed by atoms with van der Waals surface area (Å²) in [6.45, 7) is 9.00. The molecule has 0 saturated heterocycles. The van der Waals surface area contributed by atoms with Crippen LogP contribution in [0.3, 0.4) is 0 Å². The van der Waals surface area contributed by atoms with Crippen LogP contribution in [0, 0.1) is 5.92 Å². The summed E-state index contributed by atoms with van der Waals surface area (Å²) in [7, 11) is 0. The summed E-state index contributed by atoms with van der Waals surface area (Å²) in [4.78, 5) is 37.9. The van der Waals surface area contributed by atoms with Crippen molar-refractivity contribution >= 4 is 17.9 Å². The minimum absolute atomic E-state index is 0.0630. The minimum atomic E-state index is -0.761. The van der Waals surface area contributed by atoms with Crippen LogP contribution in [0.5, 0.6) is 0 Å². The molecule has 0 fully saturated rings. The van der Waals surface area contributed by atoms with Crippen LogP contribution >= 0.6 is 0 Å². The molecule has 0 N–H and O–H groups in total. The molecule has 0 spiro atoms. The molecule has 0 unspecified atom stereocenters. The Morgan fingerprint density at radius 3 is 0.817 bits per heavy atom. The van der Waals surface area contributed by atoms with E-state index in [2.05, 4.69) is 27.7 Å². The molecule has 0 rings (SSSR count). The van der Waals surface area contributed by atoms with Crippen molar-refractivity contribution in [2.24, 2.45) is 5.92 Å². The number of carbonyl (C=O) groups is 3. The summed E-state index contributed by atoms with van der Waals surface area (Å²) >= 11 is 0. The Kier molecular flexibility index (Phi) is 47.2. The molecule has 6 heteroatoms. The number of esters is 3. The first-order valence-electron chi connectivity index (χ1n) is 26.9. The summed E-state index contributed by atoms with van der Waals surface area (Å²) in [5.74, 6) is -0.0481. The number of rotatable bonds is 49. The van der Waals surface area contributed by atoms with Gasteiger partial charge in [-0.15, -0.1) is 0 Å². The Bertz CT molecular complexity index is 903. The highest BCUT2D eigenvalue weighted by atomic mass is 16.6. The van der Waals surface area contributed by atoms with E-state index in [9.17, 15) is 14.4 Å². The van der Waals surface area contributed by atoms with Gasteiger partial charge < -0.3 is 14.2 Å². The lowest BCUT2D eigenvalue weighted by molar-refractivity contribution is -0.167. The van der Waals surface area contributed by atoms with Gasteiger partial charge in [0.15, 0.2) is 6.10 Å². The SMILES string of the molecule is CCCCCCCCCCCCCCCCCCCCCC(=O)O[C@H](COC(=O)CCCCCCCCCCCCCC)COC(=O)CCCCCCCCCCC(C)C. The second-order valence-corrected chi connectivity index (χ2v) is 19.0. The van der Waals surface area contributed by atoms with E-state index in [1.54, 1.807) is 0 Å². The van der Waals surface area contributed by atoms with Crippen LogP contribution in [0.2, 0.25) is 0 Å². The summed E-state index contributed by atoms with van der Waals surface area (Å²) in [6.07, 6.45) is 51.0. The molecule has 0 heterocycles. The Labute approximate surface area is 374 Å².